The van der Waals surface area contributed by atoms with Crippen LogP contribution in [0.1, 0.15) is 33.6 Å². The lowest BCUT2D eigenvalue weighted by Crippen LogP contribution is -3.14. The molecule has 3 nitrogen and oxygen atoms in total. The summed E-state index contributed by atoms with van der Waals surface area (Å²) in [5, 5.41) is 11.0. The number of hydrogen-bond acceptors (Lipinski definition) is 2. The van der Waals surface area contributed by atoms with Crippen molar-refractivity contribution in [2.24, 2.45) is 0 Å². The van der Waals surface area contributed by atoms with Crippen LogP contribution in [-0.4, -0.2) is 43.3 Å². The summed E-state index contributed by atoms with van der Waals surface area (Å²) in [6.45, 7) is 6.32. The first kappa shape index (κ1) is 12.0. The number of quaternary nitrogens is 1. The Kier molecular flexibility index (Phi) is 3.93. The van der Waals surface area contributed by atoms with Crippen LogP contribution in [0.5, 0.6) is 0 Å². The van der Waals surface area contributed by atoms with E-state index in [1.54, 1.807) is 11.8 Å². The van der Waals surface area contributed by atoms with E-state index in [0.717, 1.165) is 12.8 Å². The average molecular weight is 200 g/mol. The minimum atomic E-state index is -0.414. The van der Waals surface area contributed by atoms with Crippen LogP contribution in [-0.2, 0) is 0 Å². The van der Waals surface area contributed by atoms with Crippen molar-refractivity contribution in [3.8, 4) is 0 Å². The maximum absolute atomic E-state index is 11.0. The Bertz CT molecular complexity index is 170. The third-order valence-electron chi connectivity index (χ3n) is 3.95. The SMILES string of the molecule is CC([O-])CCC1N(C)C(C)C(C)[NH+]1C. The summed E-state index contributed by atoms with van der Waals surface area (Å²) in [4.78, 5) is 3.98. The van der Waals surface area contributed by atoms with E-state index >= 15 is 0 Å². The highest BCUT2D eigenvalue weighted by Crippen LogP contribution is 2.13. The molecule has 0 bridgehead atoms. The van der Waals surface area contributed by atoms with E-state index in [1.165, 1.54) is 0 Å². The van der Waals surface area contributed by atoms with Gasteiger partial charge < -0.3 is 10.0 Å². The molecular formula is C11H24N2O. The van der Waals surface area contributed by atoms with E-state index in [2.05, 4.69) is 32.8 Å². The van der Waals surface area contributed by atoms with Crippen molar-refractivity contribution in [2.45, 2.75) is 58.0 Å². The zero-order valence-electron chi connectivity index (χ0n) is 10.1. The topological polar surface area (TPSA) is 30.7 Å². The molecule has 0 aromatic rings. The van der Waals surface area contributed by atoms with Crippen LogP contribution in [0.15, 0.2) is 0 Å². The van der Waals surface area contributed by atoms with Crippen LogP contribution in [0.25, 0.3) is 0 Å². The molecule has 1 N–H and O–H groups in total. The van der Waals surface area contributed by atoms with Gasteiger partial charge in [0, 0.05) is 6.42 Å². The van der Waals surface area contributed by atoms with Crippen molar-refractivity contribution in [3.63, 3.8) is 0 Å². The first-order valence-electron chi connectivity index (χ1n) is 5.66. The molecule has 0 aliphatic carbocycles. The van der Waals surface area contributed by atoms with E-state index in [1.807, 2.05) is 0 Å². The van der Waals surface area contributed by atoms with Crippen molar-refractivity contribution in [3.05, 3.63) is 0 Å². The van der Waals surface area contributed by atoms with Gasteiger partial charge in [-0.3, -0.25) is 0 Å². The summed E-state index contributed by atoms with van der Waals surface area (Å²) in [5.41, 5.74) is 0. The van der Waals surface area contributed by atoms with E-state index < -0.39 is 6.10 Å². The standard InChI is InChI=1S/C11H23N2O/c1-8(14)6-7-11-12(4)9(2)10(3)13(11)5/h8-11H,6-7H2,1-5H3/q-1/p+1. The Morgan fingerprint density at radius 1 is 1.43 bits per heavy atom. The third-order valence-corrected chi connectivity index (χ3v) is 3.95. The van der Waals surface area contributed by atoms with Gasteiger partial charge in [0.25, 0.3) is 0 Å². The summed E-state index contributed by atoms with van der Waals surface area (Å²) in [6.07, 6.45) is 1.95. The van der Waals surface area contributed by atoms with E-state index in [9.17, 15) is 5.11 Å². The highest BCUT2D eigenvalue weighted by molar-refractivity contribution is 4.78. The summed E-state index contributed by atoms with van der Waals surface area (Å²) >= 11 is 0. The van der Waals surface area contributed by atoms with E-state index in [-0.39, 0.29) is 0 Å². The second-order valence-electron chi connectivity index (χ2n) is 4.84. The minimum Gasteiger partial charge on any atom is -0.852 e. The van der Waals surface area contributed by atoms with Gasteiger partial charge in [0.1, 0.15) is 12.2 Å². The monoisotopic (exact) mass is 200 g/mol. The smallest absolute Gasteiger partial charge is 0.144 e. The first-order valence-corrected chi connectivity index (χ1v) is 5.66. The molecule has 84 valence electrons. The maximum Gasteiger partial charge on any atom is 0.144 e. The van der Waals surface area contributed by atoms with Crippen molar-refractivity contribution >= 4 is 0 Å². The molecule has 1 rings (SSSR count). The van der Waals surface area contributed by atoms with Gasteiger partial charge in [-0.2, -0.15) is 0 Å². The number of hydrogen-bond donors (Lipinski definition) is 1. The molecule has 0 aromatic heterocycles. The highest BCUT2D eigenvalue weighted by atomic mass is 16.3. The number of nitrogens with one attached hydrogen (secondary N) is 1. The number of likely N-dealkylation sites (N-methyl/N-ethyl adjacent to an activating group) is 2. The summed E-state index contributed by atoms with van der Waals surface area (Å²) < 4.78 is 0. The zero-order valence-corrected chi connectivity index (χ0v) is 10.1. The van der Waals surface area contributed by atoms with Gasteiger partial charge in [-0.05, 0) is 20.9 Å². The highest BCUT2D eigenvalue weighted by Gasteiger charge is 2.41. The van der Waals surface area contributed by atoms with Crippen molar-refractivity contribution in [2.75, 3.05) is 14.1 Å². The zero-order chi connectivity index (χ0) is 10.9. The Morgan fingerprint density at radius 3 is 2.36 bits per heavy atom. The molecule has 3 heteroatoms. The van der Waals surface area contributed by atoms with Crippen molar-refractivity contribution < 1.29 is 10.0 Å². The third kappa shape index (κ3) is 2.27. The van der Waals surface area contributed by atoms with Gasteiger partial charge in [-0.25, -0.2) is 4.90 Å². The molecule has 0 saturated carbocycles. The molecular weight excluding hydrogens is 176 g/mol. The largest absolute Gasteiger partial charge is 0.852 e. The molecule has 0 radical (unpaired) electrons. The van der Waals surface area contributed by atoms with Crippen LogP contribution >= 0.6 is 0 Å². The van der Waals surface area contributed by atoms with Crippen LogP contribution in [0.2, 0.25) is 0 Å². The number of rotatable bonds is 3. The molecule has 0 aromatic carbocycles. The molecule has 1 saturated heterocycles. The minimum absolute atomic E-state index is 0.414. The van der Waals surface area contributed by atoms with Gasteiger partial charge in [0.05, 0.1) is 13.1 Å². The summed E-state index contributed by atoms with van der Waals surface area (Å²) in [5.74, 6) is 0. The first-order chi connectivity index (χ1) is 6.45. The van der Waals surface area contributed by atoms with Crippen LogP contribution in [0.3, 0.4) is 0 Å². The molecule has 5 unspecified atom stereocenters. The van der Waals surface area contributed by atoms with Crippen LogP contribution in [0, 0.1) is 0 Å². The second kappa shape index (κ2) is 4.60. The summed E-state index contributed by atoms with van der Waals surface area (Å²) in [7, 11) is 4.42. The predicted octanol–water partition coefficient (Wildman–Crippen LogP) is -0.921. The van der Waals surface area contributed by atoms with Gasteiger partial charge in [0.15, 0.2) is 0 Å². The molecule has 1 aliphatic heterocycles. The molecule has 0 spiro atoms. The molecule has 1 aliphatic rings. The lowest BCUT2D eigenvalue weighted by atomic mass is 10.2. The normalized spacial score (nSPS) is 41.6. The molecule has 5 atom stereocenters. The fourth-order valence-electron chi connectivity index (χ4n) is 2.47. The lowest BCUT2D eigenvalue weighted by molar-refractivity contribution is -0.921. The van der Waals surface area contributed by atoms with Crippen molar-refractivity contribution in [1.29, 1.82) is 0 Å². The Balaban J connectivity index is 2.52. The second-order valence-corrected chi connectivity index (χ2v) is 4.84. The fourth-order valence-corrected chi connectivity index (χ4v) is 2.47. The fraction of sp³-hybridized carbons (Fsp3) is 1.00. The van der Waals surface area contributed by atoms with Gasteiger partial charge in [0.2, 0.25) is 0 Å². The van der Waals surface area contributed by atoms with Crippen LogP contribution < -0.4 is 10.0 Å². The van der Waals surface area contributed by atoms with Gasteiger partial charge in [-0.15, -0.1) is 6.10 Å². The average Bonchev–Trinajstić information content (AvgIpc) is 2.29. The van der Waals surface area contributed by atoms with Crippen molar-refractivity contribution in [1.82, 2.24) is 4.90 Å². The van der Waals surface area contributed by atoms with Gasteiger partial charge >= 0.3 is 0 Å². The summed E-state index contributed by atoms with van der Waals surface area (Å²) in [6, 6.07) is 1.30. The van der Waals surface area contributed by atoms with Crippen LogP contribution in [0.4, 0.5) is 0 Å². The van der Waals surface area contributed by atoms with Gasteiger partial charge in [-0.1, -0.05) is 13.3 Å². The van der Waals surface area contributed by atoms with E-state index in [4.69, 9.17) is 0 Å². The Labute approximate surface area is 87.7 Å². The quantitative estimate of drug-likeness (QED) is 0.639. The lowest BCUT2D eigenvalue weighted by Gasteiger charge is -2.25. The molecule has 0 amide bonds. The molecule has 14 heavy (non-hydrogen) atoms. The number of nitrogens with zero attached hydrogens (tertiary/aromatic N) is 1. The molecule has 1 fully saturated rings. The maximum atomic E-state index is 11.0. The Hall–Kier alpha value is -0.120. The molecule has 1 heterocycles. The Morgan fingerprint density at radius 2 is 2.00 bits per heavy atom. The van der Waals surface area contributed by atoms with E-state index in [0.29, 0.717) is 18.2 Å². The predicted molar refractivity (Wildman–Crippen MR) is 56.1 cm³/mol.